The van der Waals surface area contributed by atoms with E-state index in [1.807, 2.05) is 30.3 Å². The molecule has 4 rings (SSSR count). The van der Waals surface area contributed by atoms with E-state index in [9.17, 15) is 14.9 Å². The normalized spacial score (nSPS) is 10.8. The first-order chi connectivity index (χ1) is 14.5. The van der Waals surface area contributed by atoms with Crippen LogP contribution in [-0.4, -0.2) is 20.8 Å². The third kappa shape index (κ3) is 4.45. The van der Waals surface area contributed by atoms with Gasteiger partial charge < -0.3 is 0 Å². The van der Waals surface area contributed by atoms with Crippen molar-refractivity contribution in [2.75, 3.05) is 4.90 Å². The lowest BCUT2D eigenvalue weighted by Crippen LogP contribution is -2.32. The molecule has 9 heteroatoms. The molecule has 7 nitrogen and oxygen atoms in total. The minimum atomic E-state index is -0.467. The Morgan fingerprint density at radius 3 is 2.63 bits per heavy atom. The van der Waals surface area contributed by atoms with Gasteiger partial charge in [0.05, 0.1) is 33.8 Å². The number of amides is 1. The van der Waals surface area contributed by atoms with Crippen LogP contribution in [-0.2, 0) is 17.8 Å². The summed E-state index contributed by atoms with van der Waals surface area (Å²) in [5, 5.41) is 12.0. The minimum Gasteiger partial charge on any atom is -0.282 e. The van der Waals surface area contributed by atoms with Crippen LogP contribution in [0.15, 0.2) is 66.9 Å². The third-order valence-electron chi connectivity index (χ3n) is 4.42. The molecule has 4 aromatic rings. The van der Waals surface area contributed by atoms with Crippen molar-refractivity contribution in [3.8, 4) is 0 Å². The zero-order chi connectivity index (χ0) is 21.1. The molecule has 0 N–H and O–H groups in total. The first kappa shape index (κ1) is 19.9. The van der Waals surface area contributed by atoms with Gasteiger partial charge in [0.25, 0.3) is 5.69 Å². The Hall–Kier alpha value is -3.36. The summed E-state index contributed by atoms with van der Waals surface area (Å²) in [6.45, 7) is 0.264. The fraction of sp³-hybridized carbons (Fsp3) is 0.0952. The Morgan fingerprint density at radius 1 is 1.13 bits per heavy atom. The van der Waals surface area contributed by atoms with E-state index >= 15 is 0 Å². The Bertz CT molecular complexity index is 1210. The molecule has 0 bridgehead atoms. The Kier molecular flexibility index (Phi) is 5.69. The zero-order valence-corrected chi connectivity index (χ0v) is 17.1. The summed E-state index contributed by atoms with van der Waals surface area (Å²) in [7, 11) is 0. The number of pyridine rings is 1. The number of non-ortho nitro benzene ring substituents is 1. The average Bonchev–Trinajstić information content (AvgIpc) is 3.15. The van der Waals surface area contributed by atoms with Gasteiger partial charge in [-0.3, -0.25) is 24.8 Å². The van der Waals surface area contributed by atoms with Crippen LogP contribution in [0.2, 0.25) is 5.02 Å². The lowest BCUT2D eigenvalue weighted by molar-refractivity contribution is -0.384. The summed E-state index contributed by atoms with van der Waals surface area (Å²) >= 11 is 7.46. The van der Waals surface area contributed by atoms with Crippen LogP contribution in [0.1, 0.15) is 11.3 Å². The van der Waals surface area contributed by atoms with Crippen LogP contribution in [0.25, 0.3) is 10.2 Å². The van der Waals surface area contributed by atoms with E-state index < -0.39 is 4.92 Å². The summed E-state index contributed by atoms with van der Waals surface area (Å²) in [6, 6.07) is 16.9. The highest BCUT2D eigenvalue weighted by molar-refractivity contribution is 7.22. The van der Waals surface area contributed by atoms with Crippen LogP contribution in [0.3, 0.4) is 0 Å². The van der Waals surface area contributed by atoms with E-state index in [1.165, 1.54) is 23.5 Å². The number of rotatable bonds is 6. The molecule has 2 aromatic carbocycles. The fourth-order valence-corrected chi connectivity index (χ4v) is 4.18. The molecule has 0 saturated heterocycles. The number of anilines is 1. The van der Waals surface area contributed by atoms with Crippen LogP contribution in [0.5, 0.6) is 0 Å². The Morgan fingerprint density at radius 2 is 1.93 bits per heavy atom. The lowest BCUT2D eigenvalue weighted by Gasteiger charge is -2.19. The molecule has 0 aliphatic heterocycles. The van der Waals surface area contributed by atoms with Crippen molar-refractivity contribution in [3.63, 3.8) is 0 Å². The van der Waals surface area contributed by atoms with E-state index in [1.54, 1.807) is 29.3 Å². The molecule has 0 saturated carbocycles. The van der Waals surface area contributed by atoms with E-state index in [0.717, 1.165) is 15.9 Å². The molecule has 0 radical (unpaired) electrons. The van der Waals surface area contributed by atoms with Gasteiger partial charge in [-0.15, -0.1) is 0 Å². The van der Waals surface area contributed by atoms with Gasteiger partial charge in [-0.25, -0.2) is 4.98 Å². The standard InChI is InChI=1S/C21H15ClN4O3S/c22-15-6-9-18-19(12-15)30-21(24-18)25(13-16-3-1-2-10-23-16)20(27)11-14-4-7-17(8-5-14)26(28)29/h1-10,12H,11,13H2. The molecule has 0 aliphatic carbocycles. The van der Waals surface area contributed by atoms with Crippen molar-refractivity contribution in [2.24, 2.45) is 0 Å². The number of benzene rings is 2. The van der Waals surface area contributed by atoms with E-state index in [4.69, 9.17) is 11.6 Å². The van der Waals surface area contributed by atoms with Gasteiger partial charge in [0, 0.05) is 23.4 Å². The van der Waals surface area contributed by atoms with E-state index in [2.05, 4.69) is 9.97 Å². The van der Waals surface area contributed by atoms with Crippen LogP contribution in [0.4, 0.5) is 10.8 Å². The Balaban J connectivity index is 1.65. The molecule has 0 spiro atoms. The average molecular weight is 439 g/mol. The van der Waals surface area contributed by atoms with Crippen molar-refractivity contribution in [2.45, 2.75) is 13.0 Å². The molecule has 0 aliphatic rings. The first-order valence-electron chi connectivity index (χ1n) is 8.99. The summed E-state index contributed by atoms with van der Waals surface area (Å²) in [5.41, 5.74) is 2.15. The number of carbonyl (C=O) groups is 1. The number of carbonyl (C=O) groups excluding carboxylic acids is 1. The molecule has 2 aromatic heterocycles. The monoisotopic (exact) mass is 438 g/mol. The summed E-state index contributed by atoms with van der Waals surface area (Å²) < 4.78 is 0.881. The molecule has 0 atom stereocenters. The number of halogens is 1. The van der Waals surface area contributed by atoms with Gasteiger partial charge in [-0.1, -0.05) is 41.1 Å². The number of fused-ring (bicyclic) bond motifs is 1. The predicted octanol–water partition coefficient (Wildman–Crippen LogP) is 5.03. The fourth-order valence-electron chi connectivity index (χ4n) is 2.92. The van der Waals surface area contributed by atoms with Gasteiger partial charge >= 0.3 is 0 Å². The second-order valence-electron chi connectivity index (χ2n) is 6.51. The second kappa shape index (κ2) is 8.56. The molecule has 1 amide bonds. The zero-order valence-electron chi connectivity index (χ0n) is 15.6. The number of hydrogen-bond acceptors (Lipinski definition) is 6. The van der Waals surface area contributed by atoms with Crippen LogP contribution >= 0.6 is 22.9 Å². The van der Waals surface area contributed by atoms with Crippen molar-refractivity contribution >= 4 is 49.9 Å². The van der Waals surface area contributed by atoms with E-state index in [0.29, 0.717) is 15.7 Å². The quantitative estimate of drug-likeness (QED) is 0.311. The number of nitrogens with zero attached hydrogens (tertiary/aromatic N) is 4. The maximum atomic E-state index is 13.2. The molecule has 150 valence electrons. The van der Waals surface area contributed by atoms with Crippen molar-refractivity contribution in [1.82, 2.24) is 9.97 Å². The number of aromatic nitrogens is 2. The van der Waals surface area contributed by atoms with Gasteiger partial charge in [-0.2, -0.15) is 0 Å². The number of thiazole rings is 1. The Labute approximate surface area is 180 Å². The topological polar surface area (TPSA) is 89.2 Å². The summed E-state index contributed by atoms with van der Waals surface area (Å²) in [5.74, 6) is -0.181. The lowest BCUT2D eigenvalue weighted by atomic mass is 10.1. The molecule has 0 unspecified atom stereocenters. The van der Waals surface area contributed by atoms with Gasteiger partial charge in [-0.05, 0) is 35.9 Å². The molecule has 0 fully saturated rings. The van der Waals surface area contributed by atoms with Crippen molar-refractivity contribution in [3.05, 3.63) is 93.3 Å². The van der Waals surface area contributed by atoms with Gasteiger partial charge in [0.2, 0.25) is 5.91 Å². The predicted molar refractivity (Wildman–Crippen MR) is 117 cm³/mol. The highest BCUT2D eigenvalue weighted by Crippen LogP contribution is 2.32. The second-order valence-corrected chi connectivity index (χ2v) is 7.96. The molecular formula is C21H15ClN4O3S. The minimum absolute atomic E-state index is 0.0143. The highest BCUT2D eigenvalue weighted by Gasteiger charge is 2.21. The smallest absolute Gasteiger partial charge is 0.269 e. The number of nitro benzene ring substituents is 1. The van der Waals surface area contributed by atoms with Crippen LogP contribution < -0.4 is 4.90 Å². The van der Waals surface area contributed by atoms with Crippen molar-refractivity contribution < 1.29 is 9.72 Å². The SMILES string of the molecule is O=C(Cc1ccc([N+](=O)[O-])cc1)N(Cc1ccccn1)c1nc2ccc(Cl)cc2s1. The number of nitro groups is 1. The maximum Gasteiger partial charge on any atom is 0.269 e. The highest BCUT2D eigenvalue weighted by atomic mass is 35.5. The van der Waals surface area contributed by atoms with Gasteiger partial charge in [0.1, 0.15) is 0 Å². The first-order valence-corrected chi connectivity index (χ1v) is 10.2. The molecule has 2 heterocycles. The van der Waals surface area contributed by atoms with Gasteiger partial charge in [0.15, 0.2) is 5.13 Å². The van der Waals surface area contributed by atoms with Crippen LogP contribution in [0, 0.1) is 10.1 Å². The summed E-state index contributed by atoms with van der Waals surface area (Å²) in [4.78, 5) is 34.1. The number of hydrogen-bond donors (Lipinski definition) is 0. The van der Waals surface area contributed by atoms with E-state index in [-0.39, 0.29) is 24.6 Å². The maximum absolute atomic E-state index is 13.2. The summed E-state index contributed by atoms with van der Waals surface area (Å²) in [6.07, 6.45) is 1.76. The van der Waals surface area contributed by atoms with Crippen molar-refractivity contribution in [1.29, 1.82) is 0 Å². The molecular weight excluding hydrogens is 424 g/mol. The largest absolute Gasteiger partial charge is 0.282 e. The third-order valence-corrected chi connectivity index (χ3v) is 5.70. The molecule has 30 heavy (non-hydrogen) atoms.